The van der Waals surface area contributed by atoms with Gasteiger partial charge in [0.2, 0.25) is 0 Å². The van der Waals surface area contributed by atoms with Crippen molar-refractivity contribution in [3.63, 3.8) is 0 Å². The SMILES string of the molecule is C=CC(=N/C(=C\C)c1ccc2c(n1)C(c1nc3c(-c4cccc(OC)c4)nccc3[nH]1)=C=N2)N1CC(N)C1. The fraction of sp³-hybridized carbons (Fsp3) is 0.172. The van der Waals surface area contributed by atoms with Gasteiger partial charge in [0, 0.05) is 36.8 Å². The first-order valence-electron chi connectivity index (χ1n) is 12.3. The van der Waals surface area contributed by atoms with Crippen LogP contribution in [-0.4, -0.2) is 62.8 Å². The lowest BCUT2D eigenvalue weighted by Gasteiger charge is -2.38. The van der Waals surface area contributed by atoms with Gasteiger partial charge in [-0.2, -0.15) is 0 Å². The summed E-state index contributed by atoms with van der Waals surface area (Å²) in [5.74, 6) is 5.27. The zero-order chi connectivity index (χ0) is 26.2. The number of benzene rings is 1. The minimum absolute atomic E-state index is 0.167. The summed E-state index contributed by atoms with van der Waals surface area (Å²) in [4.78, 5) is 29.2. The number of allylic oxidation sites excluding steroid dienone is 1. The van der Waals surface area contributed by atoms with Gasteiger partial charge in [-0.25, -0.2) is 20.0 Å². The van der Waals surface area contributed by atoms with E-state index in [0.717, 1.165) is 64.0 Å². The predicted molar refractivity (Wildman–Crippen MR) is 151 cm³/mol. The summed E-state index contributed by atoms with van der Waals surface area (Å²) in [7, 11) is 1.65. The van der Waals surface area contributed by atoms with Crippen LogP contribution in [0, 0.1) is 0 Å². The molecule has 9 heteroatoms. The lowest BCUT2D eigenvalue weighted by molar-refractivity contribution is 0.256. The number of aliphatic imine (C=N–C) groups is 2. The molecule has 2 aliphatic heterocycles. The van der Waals surface area contributed by atoms with Crippen LogP contribution >= 0.6 is 0 Å². The first-order chi connectivity index (χ1) is 18.6. The van der Waals surface area contributed by atoms with Crippen LogP contribution < -0.4 is 10.5 Å². The largest absolute Gasteiger partial charge is 0.497 e. The van der Waals surface area contributed by atoms with E-state index in [-0.39, 0.29) is 6.04 Å². The third kappa shape index (κ3) is 4.10. The summed E-state index contributed by atoms with van der Waals surface area (Å²) >= 11 is 0. The summed E-state index contributed by atoms with van der Waals surface area (Å²) in [6, 6.07) is 13.7. The lowest BCUT2D eigenvalue weighted by Crippen LogP contribution is -2.57. The minimum Gasteiger partial charge on any atom is -0.497 e. The smallest absolute Gasteiger partial charge is 0.150 e. The molecule has 38 heavy (non-hydrogen) atoms. The minimum atomic E-state index is 0.167. The molecule has 0 amide bonds. The molecule has 4 aromatic rings. The van der Waals surface area contributed by atoms with E-state index in [1.807, 2.05) is 55.5 Å². The number of aromatic nitrogens is 4. The molecule has 1 saturated heterocycles. The van der Waals surface area contributed by atoms with Crippen LogP contribution in [0.1, 0.15) is 24.1 Å². The molecule has 0 radical (unpaired) electrons. The highest BCUT2D eigenvalue weighted by molar-refractivity contribution is 6.05. The molecular weight excluding hydrogens is 476 g/mol. The summed E-state index contributed by atoms with van der Waals surface area (Å²) in [6.07, 6.45) is 5.45. The van der Waals surface area contributed by atoms with Gasteiger partial charge in [-0.05, 0) is 43.3 Å². The van der Waals surface area contributed by atoms with Gasteiger partial charge in [-0.1, -0.05) is 24.8 Å². The highest BCUT2D eigenvalue weighted by atomic mass is 16.5. The van der Waals surface area contributed by atoms with E-state index in [1.165, 1.54) is 0 Å². The quantitative estimate of drug-likeness (QED) is 0.263. The Morgan fingerprint density at radius 3 is 2.84 bits per heavy atom. The van der Waals surface area contributed by atoms with E-state index in [1.54, 1.807) is 19.4 Å². The molecule has 3 aromatic heterocycles. The number of hydrogen-bond donors (Lipinski definition) is 2. The zero-order valence-electron chi connectivity index (χ0n) is 21.1. The van der Waals surface area contributed by atoms with E-state index in [2.05, 4.69) is 32.3 Å². The molecule has 0 unspecified atom stereocenters. The van der Waals surface area contributed by atoms with Gasteiger partial charge in [0.25, 0.3) is 0 Å². The van der Waals surface area contributed by atoms with Crippen LogP contribution in [0.4, 0.5) is 5.69 Å². The number of fused-ring (bicyclic) bond motifs is 2. The lowest BCUT2D eigenvalue weighted by atomic mass is 10.1. The fourth-order valence-electron chi connectivity index (χ4n) is 4.58. The van der Waals surface area contributed by atoms with Crippen molar-refractivity contribution >= 4 is 39.7 Å². The van der Waals surface area contributed by atoms with Crippen molar-refractivity contribution in [2.75, 3.05) is 20.2 Å². The summed E-state index contributed by atoms with van der Waals surface area (Å²) in [5, 5.41) is 0. The maximum absolute atomic E-state index is 5.95. The molecular formula is C29H26N8O. The van der Waals surface area contributed by atoms with E-state index >= 15 is 0 Å². The van der Waals surface area contributed by atoms with Gasteiger partial charge in [-0.15, -0.1) is 0 Å². The van der Waals surface area contributed by atoms with Crippen molar-refractivity contribution in [1.29, 1.82) is 0 Å². The normalized spacial score (nSPS) is 15.4. The van der Waals surface area contributed by atoms with Crippen LogP contribution in [-0.2, 0) is 0 Å². The second-order valence-electron chi connectivity index (χ2n) is 9.05. The van der Waals surface area contributed by atoms with Crippen molar-refractivity contribution < 1.29 is 4.74 Å². The van der Waals surface area contributed by atoms with Crippen LogP contribution in [0.25, 0.3) is 33.6 Å². The van der Waals surface area contributed by atoms with Crippen LogP contribution in [0.15, 0.2) is 77.4 Å². The Morgan fingerprint density at radius 2 is 2.08 bits per heavy atom. The number of hydrogen-bond acceptors (Lipinski definition) is 7. The molecule has 6 rings (SSSR count). The third-order valence-electron chi connectivity index (χ3n) is 6.57. The second kappa shape index (κ2) is 9.55. The average molecular weight is 503 g/mol. The summed E-state index contributed by atoms with van der Waals surface area (Å²) in [5.41, 5.74) is 12.8. The average Bonchev–Trinajstić information content (AvgIpc) is 3.56. The molecule has 9 nitrogen and oxygen atoms in total. The van der Waals surface area contributed by atoms with Crippen molar-refractivity contribution in [2.45, 2.75) is 13.0 Å². The molecule has 0 spiro atoms. The second-order valence-corrected chi connectivity index (χ2v) is 9.05. The maximum Gasteiger partial charge on any atom is 0.150 e. The Balaban J connectivity index is 1.36. The number of nitrogens with two attached hydrogens (primary N) is 1. The van der Waals surface area contributed by atoms with Gasteiger partial charge < -0.3 is 20.4 Å². The van der Waals surface area contributed by atoms with Crippen LogP contribution in [0.3, 0.4) is 0 Å². The van der Waals surface area contributed by atoms with E-state index < -0.39 is 0 Å². The number of nitrogens with zero attached hydrogens (tertiary/aromatic N) is 6. The molecule has 3 N–H and O–H groups in total. The fourth-order valence-corrected chi connectivity index (χ4v) is 4.58. The molecule has 0 atom stereocenters. The molecule has 2 aliphatic rings. The van der Waals surface area contributed by atoms with Crippen molar-refractivity contribution in [3.05, 3.63) is 84.6 Å². The van der Waals surface area contributed by atoms with Gasteiger partial charge in [0.05, 0.1) is 29.7 Å². The Labute approximate surface area is 219 Å². The molecule has 188 valence electrons. The highest BCUT2D eigenvalue weighted by Crippen LogP contribution is 2.35. The molecule has 0 saturated carbocycles. The summed E-state index contributed by atoms with van der Waals surface area (Å²) in [6.45, 7) is 7.39. The van der Waals surface area contributed by atoms with Crippen LogP contribution in [0.5, 0.6) is 5.75 Å². The zero-order valence-corrected chi connectivity index (χ0v) is 21.1. The van der Waals surface area contributed by atoms with E-state index in [9.17, 15) is 0 Å². The summed E-state index contributed by atoms with van der Waals surface area (Å²) < 4.78 is 5.39. The standard InChI is InChI=1S/C29H26N8O/c1-4-21(33-25(5-2)37-15-18(30)16-37)22-9-10-23-27(34-22)20(14-32-23)29-35-24-11-12-31-26(28(24)36-29)17-7-6-8-19(13-17)38-3/h4-13,18H,2,15-16,30H2,1,3H3,(H,35,36)/b21-4-,33-25?. The Morgan fingerprint density at radius 1 is 1.21 bits per heavy atom. The topological polar surface area (TPSA) is 118 Å². The number of pyridine rings is 2. The number of aromatic amines is 1. The Kier molecular flexibility index (Phi) is 5.92. The van der Waals surface area contributed by atoms with Gasteiger partial charge in [0.1, 0.15) is 39.9 Å². The van der Waals surface area contributed by atoms with E-state index in [0.29, 0.717) is 17.1 Å². The number of rotatable bonds is 6. The van der Waals surface area contributed by atoms with Crippen molar-refractivity contribution in [3.8, 4) is 17.0 Å². The highest BCUT2D eigenvalue weighted by Gasteiger charge is 2.26. The molecule has 5 heterocycles. The van der Waals surface area contributed by atoms with Gasteiger partial charge in [-0.3, -0.25) is 4.98 Å². The molecule has 1 fully saturated rings. The number of methoxy groups -OCH3 is 1. The monoisotopic (exact) mass is 502 g/mol. The first-order valence-corrected chi connectivity index (χ1v) is 12.3. The van der Waals surface area contributed by atoms with Crippen molar-refractivity contribution in [1.82, 2.24) is 24.8 Å². The predicted octanol–water partition coefficient (Wildman–Crippen LogP) is 4.36. The van der Waals surface area contributed by atoms with Gasteiger partial charge in [0.15, 0.2) is 0 Å². The van der Waals surface area contributed by atoms with Crippen LogP contribution in [0.2, 0.25) is 0 Å². The number of amidine groups is 1. The number of imidazole rings is 1. The number of ether oxygens (including phenoxy) is 1. The van der Waals surface area contributed by atoms with Crippen molar-refractivity contribution in [2.24, 2.45) is 15.7 Å². The third-order valence-corrected chi connectivity index (χ3v) is 6.57. The molecule has 1 aromatic carbocycles. The number of H-pyrrole nitrogens is 1. The van der Waals surface area contributed by atoms with Gasteiger partial charge >= 0.3 is 0 Å². The first kappa shape index (κ1) is 23.5. The van der Waals surface area contributed by atoms with E-state index in [4.69, 9.17) is 25.4 Å². The molecule has 0 bridgehead atoms. The molecule has 0 aliphatic carbocycles. The maximum atomic E-state index is 5.95. The number of likely N-dealkylation sites (tertiary alicyclic amines) is 1. The Bertz CT molecular complexity index is 1700. The Hall–Kier alpha value is -4.85. The number of nitrogens with one attached hydrogen (secondary N) is 1.